The molecule has 0 aliphatic heterocycles. The summed E-state index contributed by atoms with van der Waals surface area (Å²) in [5.41, 5.74) is 1.68. The van der Waals surface area contributed by atoms with E-state index in [2.05, 4.69) is 43.8 Å². The van der Waals surface area contributed by atoms with Crippen molar-refractivity contribution in [1.29, 1.82) is 0 Å². The fourth-order valence-electron chi connectivity index (χ4n) is 1.85. The van der Waals surface area contributed by atoms with Crippen molar-refractivity contribution < 1.29 is 9.13 Å². The number of rotatable bonds is 6. The average molecular weight is 450 g/mol. The van der Waals surface area contributed by atoms with Gasteiger partial charge in [-0.05, 0) is 46.3 Å². The molecule has 0 atom stereocenters. The Morgan fingerprint density at radius 3 is 2.73 bits per heavy atom. The monoisotopic (exact) mass is 447 g/mol. The molecule has 6 heteroatoms. The summed E-state index contributed by atoms with van der Waals surface area (Å²) in [5.74, 6) is 0.302. The minimum absolute atomic E-state index is 0.0866. The van der Waals surface area contributed by atoms with Crippen molar-refractivity contribution >= 4 is 49.1 Å². The van der Waals surface area contributed by atoms with E-state index in [1.54, 1.807) is 18.2 Å². The normalized spacial score (nSPS) is 10.4. The van der Waals surface area contributed by atoms with Crippen LogP contribution in [-0.4, -0.2) is 6.61 Å². The lowest BCUT2D eigenvalue weighted by molar-refractivity contribution is 0.357. The predicted molar refractivity (Wildman–Crippen MR) is 96.3 cm³/mol. The molecule has 0 radical (unpaired) electrons. The lowest BCUT2D eigenvalue weighted by atomic mass is 10.2. The Kier molecular flexibility index (Phi) is 6.29. The first-order valence-electron chi connectivity index (χ1n) is 6.42. The summed E-state index contributed by atoms with van der Waals surface area (Å²) in [7, 11) is 0. The van der Waals surface area contributed by atoms with Crippen LogP contribution in [0.15, 0.2) is 51.9 Å². The molecule has 2 nitrogen and oxygen atoms in total. The van der Waals surface area contributed by atoms with Gasteiger partial charge >= 0.3 is 0 Å². The molecular weight excluding hydrogens is 436 g/mol. The minimum Gasteiger partial charge on any atom is -0.488 e. The van der Waals surface area contributed by atoms with E-state index in [9.17, 15) is 4.39 Å². The Morgan fingerprint density at radius 2 is 2.05 bits per heavy atom. The number of hydrogen-bond donors (Lipinski definition) is 1. The van der Waals surface area contributed by atoms with Crippen molar-refractivity contribution in [2.75, 3.05) is 11.9 Å². The van der Waals surface area contributed by atoms with E-state index >= 15 is 0 Å². The summed E-state index contributed by atoms with van der Waals surface area (Å²) in [4.78, 5) is 0. The van der Waals surface area contributed by atoms with E-state index in [-0.39, 0.29) is 5.02 Å². The molecule has 116 valence electrons. The Labute approximate surface area is 150 Å². The van der Waals surface area contributed by atoms with Crippen LogP contribution in [0, 0.1) is 5.82 Å². The van der Waals surface area contributed by atoms with Gasteiger partial charge in [0.05, 0.1) is 9.50 Å². The third-order valence-electron chi connectivity index (χ3n) is 2.83. The zero-order valence-corrected chi connectivity index (χ0v) is 15.4. The lowest BCUT2D eigenvalue weighted by Crippen LogP contribution is -2.04. The van der Waals surface area contributed by atoms with Gasteiger partial charge in [0.25, 0.3) is 0 Å². The molecule has 0 aliphatic carbocycles. The van der Waals surface area contributed by atoms with E-state index in [1.165, 1.54) is 6.07 Å². The van der Waals surface area contributed by atoms with Gasteiger partial charge in [-0.25, -0.2) is 4.39 Å². The minimum atomic E-state index is -0.438. The fourth-order valence-corrected chi connectivity index (χ4v) is 3.46. The molecule has 2 rings (SSSR count). The molecule has 0 aromatic heterocycles. The Bertz CT molecular complexity index is 694. The van der Waals surface area contributed by atoms with E-state index in [4.69, 9.17) is 16.3 Å². The highest BCUT2D eigenvalue weighted by Gasteiger charge is 2.10. The molecule has 0 aliphatic rings. The Balaban J connectivity index is 2.20. The molecule has 1 N–H and O–H groups in total. The van der Waals surface area contributed by atoms with Crippen LogP contribution < -0.4 is 10.1 Å². The predicted octanol–water partition coefficient (Wildman–Crippen LogP) is 6.18. The highest BCUT2D eigenvalue weighted by atomic mass is 79.9. The number of halogens is 4. The maximum atomic E-state index is 13.2. The van der Waals surface area contributed by atoms with Crippen LogP contribution in [-0.2, 0) is 6.54 Å². The van der Waals surface area contributed by atoms with Gasteiger partial charge < -0.3 is 10.1 Å². The standard InChI is InChI=1S/C16H13Br2ClFNO/c1-2-5-22-16-10(6-11(17)7-13(16)18)9-21-12-3-4-15(20)14(19)8-12/h2-4,6-8,21H,1,5,9H2. The molecular formula is C16H13Br2ClFNO. The second-order valence-corrected chi connectivity index (χ2v) is 6.64. The van der Waals surface area contributed by atoms with Gasteiger partial charge in [0.1, 0.15) is 18.2 Å². The third kappa shape index (κ3) is 4.48. The van der Waals surface area contributed by atoms with Gasteiger partial charge in [-0.1, -0.05) is 40.2 Å². The van der Waals surface area contributed by atoms with Crippen molar-refractivity contribution in [1.82, 2.24) is 0 Å². The van der Waals surface area contributed by atoms with Crippen LogP contribution in [0.3, 0.4) is 0 Å². The summed E-state index contributed by atoms with van der Waals surface area (Å²) < 4.78 is 20.6. The molecule has 2 aromatic carbocycles. The number of nitrogens with one attached hydrogen (secondary N) is 1. The van der Waals surface area contributed by atoms with Crippen LogP contribution in [0.25, 0.3) is 0 Å². The van der Waals surface area contributed by atoms with Crippen molar-refractivity contribution in [2.24, 2.45) is 0 Å². The summed E-state index contributed by atoms with van der Waals surface area (Å²) in [6.45, 7) is 4.57. The third-order valence-corrected chi connectivity index (χ3v) is 4.17. The van der Waals surface area contributed by atoms with E-state index in [0.29, 0.717) is 13.2 Å². The first kappa shape index (κ1) is 17.3. The van der Waals surface area contributed by atoms with Crippen LogP contribution in [0.5, 0.6) is 5.75 Å². The first-order chi connectivity index (χ1) is 10.5. The number of anilines is 1. The van der Waals surface area contributed by atoms with Crippen LogP contribution >= 0.6 is 43.5 Å². The van der Waals surface area contributed by atoms with E-state index < -0.39 is 5.82 Å². The second-order valence-electron chi connectivity index (χ2n) is 4.46. The number of ether oxygens (including phenoxy) is 1. The Hall–Kier alpha value is -1.04. The van der Waals surface area contributed by atoms with Crippen molar-refractivity contribution in [3.63, 3.8) is 0 Å². The molecule has 22 heavy (non-hydrogen) atoms. The lowest BCUT2D eigenvalue weighted by Gasteiger charge is -2.14. The topological polar surface area (TPSA) is 21.3 Å². The summed E-state index contributed by atoms with van der Waals surface area (Å²) in [6, 6.07) is 8.39. The summed E-state index contributed by atoms with van der Waals surface area (Å²) >= 11 is 12.7. The van der Waals surface area contributed by atoms with Crippen LogP contribution in [0.4, 0.5) is 10.1 Å². The van der Waals surface area contributed by atoms with E-state index in [1.807, 2.05) is 12.1 Å². The van der Waals surface area contributed by atoms with E-state index in [0.717, 1.165) is 25.9 Å². The van der Waals surface area contributed by atoms with Gasteiger partial charge in [0.15, 0.2) is 0 Å². The van der Waals surface area contributed by atoms with Gasteiger partial charge in [0, 0.05) is 22.3 Å². The maximum absolute atomic E-state index is 13.2. The van der Waals surface area contributed by atoms with Crippen molar-refractivity contribution in [3.8, 4) is 5.75 Å². The molecule has 0 spiro atoms. The Morgan fingerprint density at radius 1 is 1.27 bits per heavy atom. The molecule has 0 heterocycles. The van der Waals surface area contributed by atoms with Gasteiger partial charge in [-0.2, -0.15) is 0 Å². The SMILES string of the molecule is C=CCOc1c(Br)cc(Br)cc1CNc1ccc(F)c(Cl)c1. The number of benzene rings is 2. The molecule has 0 amide bonds. The molecule has 2 aromatic rings. The van der Waals surface area contributed by atoms with Crippen LogP contribution in [0.2, 0.25) is 5.02 Å². The molecule has 0 unspecified atom stereocenters. The van der Waals surface area contributed by atoms with Crippen molar-refractivity contribution in [2.45, 2.75) is 6.54 Å². The first-order valence-corrected chi connectivity index (χ1v) is 8.38. The largest absolute Gasteiger partial charge is 0.488 e. The quantitative estimate of drug-likeness (QED) is 0.532. The summed E-state index contributed by atoms with van der Waals surface area (Å²) in [6.07, 6.45) is 1.69. The molecule has 0 saturated carbocycles. The molecule has 0 bridgehead atoms. The molecule has 0 saturated heterocycles. The second kappa shape index (κ2) is 7.99. The fraction of sp³-hybridized carbons (Fsp3) is 0.125. The molecule has 0 fully saturated rings. The highest BCUT2D eigenvalue weighted by molar-refractivity contribution is 9.11. The zero-order chi connectivity index (χ0) is 16.1. The van der Waals surface area contributed by atoms with Gasteiger partial charge in [-0.3, -0.25) is 0 Å². The zero-order valence-electron chi connectivity index (χ0n) is 11.5. The number of hydrogen-bond acceptors (Lipinski definition) is 2. The highest BCUT2D eigenvalue weighted by Crippen LogP contribution is 2.33. The van der Waals surface area contributed by atoms with Crippen LogP contribution in [0.1, 0.15) is 5.56 Å². The smallest absolute Gasteiger partial charge is 0.141 e. The maximum Gasteiger partial charge on any atom is 0.141 e. The average Bonchev–Trinajstić information content (AvgIpc) is 2.47. The van der Waals surface area contributed by atoms with Gasteiger partial charge in [-0.15, -0.1) is 0 Å². The van der Waals surface area contributed by atoms with Crippen molar-refractivity contribution in [3.05, 3.63) is 68.3 Å². The van der Waals surface area contributed by atoms with Gasteiger partial charge in [0.2, 0.25) is 0 Å². The summed E-state index contributed by atoms with van der Waals surface area (Å²) in [5, 5.41) is 3.29.